The van der Waals surface area contributed by atoms with E-state index in [0.717, 1.165) is 62.6 Å². The Morgan fingerprint density at radius 3 is 2.36 bits per heavy atom. The van der Waals surface area contributed by atoms with Crippen molar-refractivity contribution in [2.45, 2.75) is 76.0 Å². The summed E-state index contributed by atoms with van der Waals surface area (Å²) in [6.45, 7) is 1.10. The van der Waals surface area contributed by atoms with Gasteiger partial charge in [0.15, 0.2) is 0 Å². The van der Waals surface area contributed by atoms with Crippen LogP contribution in [0.1, 0.15) is 61.3 Å². The fourth-order valence-electron chi connectivity index (χ4n) is 6.39. The van der Waals surface area contributed by atoms with Crippen LogP contribution in [-0.2, 0) is 17.8 Å². The Morgan fingerprint density at radius 1 is 0.949 bits per heavy atom. The quantitative estimate of drug-likeness (QED) is 0.275. The summed E-state index contributed by atoms with van der Waals surface area (Å²) in [7, 11) is 0. The third-order valence-electron chi connectivity index (χ3n) is 8.36. The van der Waals surface area contributed by atoms with E-state index in [4.69, 9.17) is 9.26 Å². The summed E-state index contributed by atoms with van der Waals surface area (Å²) in [4.78, 5) is 0. The van der Waals surface area contributed by atoms with Crippen molar-refractivity contribution >= 4 is 0 Å². The minimum absolute atomic E-state index is 0.0779. The molecule has 1 heterocycles. The van der Waals surface area contributed by atoms with E-state index in [2.05, 4.69) is 15.2 Å². The molecule has 0 radical (unpaired) electrons. The number of alkyl halides is 3. The lowest BCUT2D eigenvalue weighted by molar-refractivity contribution is -0.274. The van der Waals surface area contributed by atoms with Gasteiger partial charge in [-0.3, -0.25) is 0 Å². The van der Waals surface area contributed by atoms with E-state index in [1.54, 1.807) is 12.1 Å². The van der Waals surface area contributed by atoms with Crippen LogP contribution in [-0.4, -0.2) is 30.2 Å². The maximum Gasteiger partial charge on any atom is 0.573 e. The topological polar surface area (TPSA) is 56.5 Å². The van der Waals surface area contributed by atoms with Crippen molar-refractivity contribution in [3.63, 3.8) is 0 Å². The summed E-state index contributed by atoms with van der Waals surface area (Å²) in [5.41, 5.74) is 2.45. The number of nitrogens with one attached hydrogen (secondary N) is 1. The van der Waals surface area contributed by atoms with Gasteiger partial charge < -0.3 is 19.3 Å². The van der Waals surface area contributed by atoms with E-state index >= 15 is 0 Å². The van der Waals surface area contributed by atoms with Crippen LogP contribution in [0, 0.1) is 17.7 Å². The molecule has 3 fully saturated rings. The van der Waals surface area contributed by atoms with Crippen molar-refractivity contribution in [3.05, 3.63) is 71.2 Å². The van der Waals surface area contributed by atoms with E-state index in [0.29, 0.717) is 29.3 Å². The highest BCUT2D eigenvalue weighted by Crippen LogP contribution is 2.47. The molecule has 2 atom stereocenters. The molecule has 39 heavy (non-hydrogen) atoms. The molecule has 1 aromatic heterocycles. The van der Waals surface area contributed by atoms with Crippen molar-refractivity contribution in [3.8, 4) is 17.0 Å². The molecule has 2 unspecified atom stereocenters. The Hall–Kier alpha value is -2.91. The molecule has 0 spiro atoms. The molecule has 2 aromatic carbocycles. The second kappa shape index (κ2) is 10.9. The van der Waals surface area contributed by atoms with Crippen LogP contribution in [0.3, 0.4) is 0 Å². The second-order valence-electron chi connectivity index (χ2n) is 11.1. The van der Waals surface area contributed by atoms with Crippen molar-refractivity contribution in [2.24, 2.45) is 11.8 Å². The van der Waals surface area contributed by atoms with Gasteiger partial charge in [-0.2, -0.15) is 0 Å². The summed E-state index contributed by atoms with van der Waals surface area (Å²) in [6, 6.07) is 13.1. The lowest BCUT2D eigenvalue weighted by Gasteiger charge is -2.36. The summed E-state index contributed by atoms with van der Waals surface area (Å²) in [6.07, 6.45) is 2.28. The zero-order chi connectivity index (χ0) is 27.0. The van der Waals surface area contributed by atoms with Crippen molar-refractivity contribution in [1.82, 2.24) is 10.5 Å². The third-order valence-corrected chi connectivity index (χ3v) is 8.36. The standard InChI is InChI=1S/C30H32F4N2O3/c31-22-11-5-18(6-12-22)13-14-35-27-20-9-10-21(27)16-23(15-20)37-17-25-28(36-39-29(25)19-7-8-19)24-3-1-2-4-26(24)38-30(32,33)34/h1-6,11-12,19-21,23,27,35H,7-10,13-17H2. The van der Waals surface area contributed by atoms with Gasteiger partial charge in [0.05, 0.1) is 12.7 Å². The van der Waals surface area contributed by atoms with Gasteiger partial charge in [-0.15, -0.1) is 13.2 Å². The molecule has 6 rings (SSSR count). The number of benzene rings is 2. The number of hydrogen-bond acceptors (Lipinski definition) is 5. The third kappa shape index (κ3) is 6.14. The molecule has 3 aliphatic carbocycles. The van der Waals surface area contributed by atoms with Crippen LogP contribution < -0.4 is 10.1 Å². The zero-order valence-electron chi connectivity index (χ0n) is 21.6. The maximum absolute atomic E-state index is 13.2. The Balaban J connectivity index is 1.10. The van der Waals surface area contributed by atoms with Gasteiger partial charge in [0, 0.05) is 23.1 Å². The lowest BCUT2D eigenvalue weighted by Crippen LogP contribution is -2.44. The van der Waals surface area contributed by atoms with Crippen LogP contribution in [0.2, 0.25) is 0 Å². The largest absolute Gasteiger partial charge is 0.573 e. The summed E-state index contributed by atoms with van der Waals surface area (Å²) >= 11 is 0. The predicted molar refractivity (Wildman–Crippen MR) is 137 cm³/mol. The second-order valence-corrected chi connectivity index (χ2v) is 11.1. The monoisotopic (exact) mass is 544 g/mol. The summed E-state index contributed by atoms with van der Waals surface area (Å²) < 4.78 is 68.7. The normalized spacial score (nSPS) is 24.7. The highest BCUT2D eigenvalue weighted by Gasteiger charge is 2.43. The van der Waals surface area contributed by atoms with Gasteiger partial charge in [0.25, 0.3) is 0 Å². The lowest BCUT2D eigenvalue weighted by atomic mass is 9.82. The number of rotatable bonds is 10. The first-order valence-electron chi connectivity index (χ1n) is 13.8. The smallest absolute Gasteiger partial charge is 0.405 e. The molecule has 2 bridgehead atoms. The van der Waals surface area contributed by atoms with Gasteiger partial charge in [-0.1, -0.05) is 29.4 Å². The average molecular weight is 545 g/mol. The van der Waals surface area contributed by atoms with Gasteiger partial charge in [-0.05, 0) is 93.2 Å². The van der Waals surface area contributed by atoms with Gasteiger partial charge in [-0.25, -0.2) is 4.39 Å². The van der Waals surface area contributed by atoms with E-state index < -0.39 is 6.36 Å². The predicted octanol–water partition coefficient (Wildman–Crippen LogP) is 7.16. The number of fused-ring (bicyclic) bond motifs is 2. The van der Waals surface area contributed by atoms with Crippen LogP contribution in [0.4, 0.5) is 17.6 Å². The summed E-state index contributed by atoms with van der Waals surface area (Å²) in [5, 5.41) is 7.93. The first-order chi connectivity index (χ1) is 18.8. The molecular formula is C30H32F4N2O3. The van der Waals surface area contributed by atoms with Crippen LogP contribution in [0.25, 0.3) is 11.3 Å². The van der Waals surface area contributed by atoms with Crippen molar-refractivity contribution < 1.29 is 31.6 Å². The highest BCUT2D eigenvalue weighted by atomic mass is 19.4. The molecule has 3 aliphatic rings. The minimum atomic E-state index is -4.80. The fourth-order valence-corrected chi connectivity index (χ4v) is 6.39. The van der Waals surface area contributed by atoms with Gasteiger partial charge >= 0.3 is 6.36 Å². The highest BCUT2D eigenvalue weighted by molar-refractivity contribution is 5.70. The van der Waals surface area contributed by atoms with Crippen LogP contribution >= 0.6 is 0 Å². The van der Waals surface area contributed by atoms with E-state index in [9.17, 15) is 17.6 Å². The van der Waals surface area contributed by atoms with Gasteiger partial charge in [0.1, 0.15) is 23.0 Å². The molecule has 208 valence electrons. The van der Waals surface area contributed by atoms with Gasteiger partial charge in [0.2, 0.25) is 0 Å². The molecule has 0 amide bonds. The van der Waals surface area contributed by atoms with E-state index in [1.165, 1.54) is 24.3 Å². The van der Waals surface area contributed by atoms with Crippen LogP contribution in [0.15, 0.2) is 53.1 Å². The fraction of sp³-hybridized carbons (Fsp3) is 0.500. The minimum Gasteiger partial charge on any atom is -0.405 e. The Labute approximate surface area is 224 Å². The first kappa shape index (κ1) is 26.3. The van der Waals surface area contributed by atoms with Crippen molar-refractivity contribution in [2.75, 3.05) is 6.54 Å². The number of aromatic nitrogens is 1. The number of halogens is 4. The molecule has 3 aromatic rings. The number of ether oxygens (including phenoxy) is 2. The Kier molecular flexibility index (Phi) is 7.37. The van der Waals surface area contributed by atoms with E-state index in [-0.39, 0.29) is 35.8 Å². The summed E-state index contributed by atoms with van der Waals surface area (Å²) in [5.74, 6) is 1.47. The number of hydrogen-bond donors (Lipinski definition) is 1. The van der Waals surface area contributed by atoms with Crippen molar-refractivity contribution in [1.29, 1.82) is 0 Å². The Bertz CT molecular complexity index is 1260. The molecule has 3 saturated carbocycles. The molecular weight excluding hydrogens is 512 g/mol. The first-order valence-corrected chi connectivity index (χ1v) is 13.8. The number of nitrogens with zero attached hydrogens (tertiary/aromatic N) is 1. The SMILES string of the molecule is Fc1ccc(CCNC2C3CCC2CC(OCc2c(-c4ccccc4OC(F)(F)F)noc2C2CC2)C3)cc1. The van der Waals surface area contributed by atoms with E-state index in [1.807, 2.05) is 12.1 Å². The maximum atomic E-state index is 13.2. The zero-order valence-corrected chi connectivity index (χ0v) is 21.6. The Morgan fingerprint density at radius 2 is 1.67 bits per heavy atom. The molecule has 9 heteroatoms. The molecule has 0 saturated heterocycles. The molecule has 0 aliphatic heterocycles. The van der Waals surface area contributed by atoms with Crippen LogP contribution in [0.5, 0.6) is 5.75 Å². The average Bonchev–Trinajstić information content (AvgIpc) is 3.62. The number of para-hydroxylation sites is 1. The molecule has 5 nitrogen and oxygen atoms in total. The molecule has 1 N–H and O–H groups in total.